The van der Waals surface area contributed by atoms with Crippen LogP contribution in [0, 0.1) is 0 Å². The molecular weight excluding hydrogens is 301 g/mol. The van der Waals surface area contributed by atoms with Crippen molar-refractivity contribution < 1.29 is 17.6 Å². The minimum Gasteiger partial charge on any atom is -0.452 e. The molecule has 0 saturated carbocycles. The minimum absolute atomic E-state index is 0.219. The van der Waals surface area contributed by atoms with Gasteiger partial charge in [-0.15, -0.1) is 0 Å². The molecule has 0 fully saturated rings. The fourth-order valence-electron chi connectivity index (χ4n) is 1.99. The first-order valence-electron chi connectivity index (χ1n) is 6.49. The van der Waals surface area contributed by atoms with Gasteiger partial charge in [-0.1, -0.05) is 0 Å². The van der Waals surface area contributed by atoms with Gasteiger partial charge in [0.15, 0.2) is 0 Å². The van der Waals surface area contributed by atoms with Gasteiger partial charge in [0, 0.05) is 11.8 Å². The molecule has 7 heteroatoms. The van der Waals surface area contributed by atoms with Crippen LogP contribution in [0.2, 0.25) is 0 Å². The largest absolute Gasteiger partial charge is 0.452 e. The van der Waals surface area contributed by atoms with Crippen LogP contribution in [-0.4, -0.2) is 30.4 Å². The summed E-state index contributed by atoms with van der Waals surface area (Å²) in [5.74, 6) is -0.0373. The number of halogens is 3. The quantitative estimate of drug-likeness (QED) is 0.920. The fourth-order valence-corrected chi connectivity index (χ4v) is 2.46. The molecule has 1 N–H and O–H groups in total. The maximum atomic E-state index is 12.6. The summed E-state index contributed by atoms with van der Waals surface area (Å²) in [4.78, 5) is 4.45. The summed E-state index contributed by atoms with van der Waals surface area (Å²) in [6.07, 6.45) is -2.43. The van der Waals surface area contributed by atoms with Gasteiger partial charge in [-0.2, -0.15) is 24.9 Å². The highest BCUT2D eigenvalue weighted by atomic mass is 32.2. The first-order chi connectivity index (χ1) is 9.82. The van der Waals surface area contributed by atoms with Gasteiger partial charge in [0.2, 0.25) is 5.76 Å². The molecule has 0 radical (unpaired) electrons. The molecule has 21 heavy (non-hydrogen) atoms. The van der Waals surface area contributed by atoms with E-state index in [-0.39, 0.29) is 5.76 Å². The number of alkyl halides is 3. The lowest BCUT2D eigenvalue weighted by molar-refractivity contribution is -0.153. The molecule has 0 saturated heterocycles. The maximum absolute atomic E-state index is 12.6. The Kier molecular flexibility index (Phi) is 4.70. The Labute approximate surface area is 125 Å². The number of hydrogen-bond donors (Lipinski definition) is 1. The fraction of sp³-hybridized carbons (Fsp3) is 0.500. The molecule has 116 valence electrons. The predicted octanol–water partition coefficient (Wildman–Crippen LogP) is 3.83. The van der Waals surface area contributed by atoms with E-state index in [1.807, 2.05) is 13.2 Å². The van der Waals surface area contributed by atoms with Gasteiger partial charge >= 0.3 is 6.18 Å². The summed E-state index contributed by atoms with van der Waals surface area (Å²) in [6.45, 7) is 5.08. The van der Waals surface area contributed by atoms with Crippen molar-refractivity contribution in [1.29, 1.82) is 0 Å². The highest BCUT2D eigenvalue weighted by Crippen LogP contribution is 2.33. The molecule has 0 aliphatic carbocycles. The summed E-state index contributed by atoms with van der Waals surface area (Å²) in [5, 5.41) is 3.65. The van der Waals surface area contributed by atoms with Crippen LogP contribution in [-0.2, 0) is 6.18 Å². The average molecular weight is 318 g/mol. The van der Waals surface area contributed by atoms with Crippen LogP contribution in [0.1, 0.15) is 25.4 Å². The number of allylic oxidation sites excluding steroid dienone is 1. The van der Waals surface area contributed by atoms with Gasteiger partial charge in [0.25, 0.3) is 0 Å². The molecule has 2 rings (SSSR count). The highest BCUT2D eigenvalue weighted by molar-refractivity contribution is 7.99. The number of furan rings is 1. The lowest BCUT2D eigenvalue weighted by Gasteiger charge is -2.22. The van der Waals surface area contributed by atoms with E-state index < -0.39 is 11.9 Å². The summed E-state index contributed by atoms with van der Waals surface area (Å²) < 4.78 is 42.6. The number of nitrogens with one attached hydrogen (secondary N) is 1. The molecule has 1 aliphatic heterocycles. The zero-order valence-corrected chi connectivity index (χ0v) is 12.9. The second-order valence-electron chi connectivity index (χ2n) is 4.84. The monoisotopic (exact) mass is 318 g/mol. The maximum Gasteiger partial charge on any atom is 0.449 e. The van der Waals surface area contributed by atoms with E-state index in [0.29, 0.717) is 17.4 Å². The van der Waals surface area contributed by atoms with Gasteiger partial charge in [-0.3, -0.25) is 4.99 Å². The first kappa shape index (κ1) is 16.0. The molecular formula is C14H17F3N2OS. The van der Waals surface area contributed by atoms with E-state index in [1.54, 1.807) is 18.7 Å². The van der Waals surface area contributed by atoms with Gasteiger partial charge in [-0.05, 0) is 43.4 Å². The smallest absolute Gasteiger partial charge is 0.449 e. The van der Waals surface area contributed by atoms with Crippen molar-refractivity contribution in [1.82, 2.24) is 5.32 Å². The van der Waals surface area contributed by atoms with Crippen LogP contribution in [0.5, 0.6) is 0 Å². The minimum atomic E-state index is -4.46. The molecule has 1 aromatic rings. The molecule has 1 atom stereocenters. The van der Waals surface area contributed by atoms with Crippen LogP contribution in [0.15, 0.2) is 27.1 Å². The van der Waals surface area contributed by atoms with Crippen molar-refractivity contribution in [3.8, 4) is 0 Å². The molecule has 2 heterocycles. The molecule has 1 aromatic heterocycles. The van der Waals surface area contributed by atoms with Crippen LogP contribution in [0.4, 0.5) is 13.2 Å². The van der Waals surface area contributed by atoms with Crippen LogP contribution >= 0.6 is 11.8 Å². The number of rotatable bonds is 3. The Balaban J connectivity index is 2.23. The van der Waals surface area contributed by atoms with E-state index in [2.05, 4.69) is 10.3 Å². The first-order valence-corrected chi connectivity index (χ1v) is 7.78. The Hall–Kier alpha value is -1.37. The summed E-state index contributed by atoms with van der Waals surface area (Å²) >= 11 is 1.74. The predicted molar refractivity (Wildman–Crippen MR) is 79.6 cm³/mol. The molecule has 1 aliphatic rings. The summed E-state index contributed by atoms with van der Waals surface area (Å²) in [5.41, 5.74) is 1.46. The Morgan fingerprint density at radius 2 is 2.05 bits per heavy atom. The second-order valence-corrected chi connectivity index (χ2v) is 5.98. The zero-order valence-electron chi connectivity index (χ0n) is 12.0. The van der Waals surface area contributed by atoms with Gasteiger partial charge in [-0.25, -0.2) is 0 Å². The van der Waals surface area contributed by atoms with Gasteiger partial charge in [0.05, 0.1) is 6.54 Å². The number of aliphatic imine (C=N–C) groups is 1. The third-order valence-electron chi connectivity index (χ3n) is 3.46. The Morgan fingerprint density at radius 1 is 1.33 bits per heavy atom. The van der Waals surface area contributed by atoms with E-state index in [1.165, 1.54) is 6.07 Å². The van der Waals surface area contributed by atoms with Crippen LogP contribution in [0.3, 0.4) is 0 Å². The molecule has 0 spiro atoms. The average Bonchev–Trinajstić information content (AvgIpc) is 2.95. The molecule has 0 amide bonds. The molecule has 0 aromatic carbocycles. The SMILES string of the molecule is CSC1CN=C(C(C)=C(C)c2ccc(C(F)(F)F)o2)NC1. The third kappa shape index (κ3) is 3.64. The lowest BCUT2D eigenvalue weighted by Crippen LogP contribution is -2.38. The van der Waals surface area contributed by atoms with E-state index in [9.17, 15) is 13.2 Å². The Morgan fingerprint density at radius 3 is 2.52 bits per heavy atom. The number of amidine groups is 1. The third-order valence-corrected chi connectivity index (χ3v) is 4.44. The zero-order chi connectivity index (χ0) is 15.6. The molecule has 0 bridgehead atoms. The van der Waals surface area contributed by atoms with Crippen molar-refractivity contribution >= 4 is 23.2 Å². The second kappa shape index (κ2) is 6.17. The number of nitrogens with zero attached hydrogens (tertiary/aromatic N) is 1. The number of thioether (sulfide) groups is 1. The summed E-state index contributed by atoms with van der Waals surface area (Å²) in [7, 11) is 0. The van der Waals surface area contributed by atoms with Gasteiger partial charge < -0.3 is 9.73 Å². The van der Waals surface area contributed by atoms with Crippen molar-refractivity contribution in [2.75, 3.05) is 19.3 Å². The normalized spacial score (nSPS) is 20.7. The van der Waals surface area contributed by atoms with Crippen molar-refractivity contribution in [2.24, 2.45) is 4.99 Å². The van der Waals surface area contributed by atoms with Gasteiger partial charge in [0.1, 0.15) is 11.6 Å². The van der Waals surface area contributed by atoms with Crippen LogP contribution in [0.25, 0.3) is 5.57 Å². The summed E-state index contributed by atoms with van der Waals surface area (Å²) in [6, 6.07) is 2.29. The van der Waals surface area contributed by atoms with Crippen molar-refractivity contribution in [3.63, 3.8) is 0 Å². The molecule has 1 unspecified atom stereocenters. The highest BCUT2D eigenvalue weighted by Gasteiger charge is 2.35. The Bertz CT molecular complexity index is 575. The van der Waals surface area contributed by atoms with Crippen LogP contribution < -0.4 is 5.32 Å². The van der Waals surface area contributed by atoms with E-state index in [0.717, 1.165) is 24.0 Å². The van der Waals surface area contributed by atoms with Crippen molar-refractivity contribution in [2.45, 2.75) is 25.3 Å². The topological polar surface area (TPSA) is 37.5 Å². The van der Waals surface area contributed by atoms with E-state index in [4.69, 9.17) is 4.42 Å². The van der Waals surface area contributed by atoms with Crippen molar-refractivity contribution in [3.05, 3.63) is 29.2 Å². The number of hydrogen-bond acceptors (Lipinski definition) is 4. The lowest BCUT2D eigenvalue weighted by atomic mass is 10.1. The van der Waals surface area contributed by atoms with E-state index >= 15 is 0 Å². The standard InChI is InChI=1S/C14H17F3N2OS/c1-8(11-4-5-12(20-11)14(15,16)17)9(2)13-18-6-10(21-3)7-19-13/h4-5,10H,6-7H2,1-3H3,(H,18,19). The molecule has 3 nitrogen and oxygen atoms in total.